The quantitative estimate of drug-likeness (QED) is 0.0903. The Morgan fingerprint density at radius 3 is 1.36 bits per heavy atom. The SMILES string of the molecule is CC(C)(C)c1cc(-c2ccc(F)cc2)nc2cc(C(=O)N3CCN(c4ccn[nH]4)C(=O)C3(C)C)oc12.CC1(O)CC(C(=O)N2CCN(C(=O)c3cc4nc(C5CCC(F)(F)CC5)cc(C(C)(C)C)c4o3)C(C)(C)C2)C1.CCC(CC)c1cc(-c2ccc(F)cc2)nc2cc(C(=O)N3CCNC(=O)C3(C)C)oc12.CN1CCN(C(=O)c2cc3nc(-c4ccc(Cl)cc4)cc(C(C)(C)C)c3o2)C(C)(C)C1=O. The van der Waals surface area contributed by atoms with Crippen LogP contribution in [0.2, 0.25) is 5.02 Å². The van der Waals surface area contributed by atoms with E-state index in [-0.39, 0.29) is 129 Å². The fourth-order valence-corrected chi connectivity index (χ4v) is 19.8. The lowest BCUT2D eigenvalue weighted by Crippen LogP contribution is -2.64. The minimum Gasteiger partial charge on any atom is -0.449 e. The number of halogens is 5. The summed E-state index contributed by atoms with van der Waals surface area (Å²) in [6.07, 6.45) is 4.83. The first kappa shape index (κ1) is 101. The van der Waals surface area contributed by atoms with Crippen molar-refractivity contribution in [1.82, 2.24) is 64.8 Å². The van der Waals surface area contributed by atoms with Crippen LogP contribution in [0, 0.1) is 17.6 Å². The number of aromatic nitrogens is 6. The largest absolute Gasteiger partial charge is 0.449 e. The molecule has 18 rings (SSSR count). The van der Waals surface area contributed by atoms with Crippen LogP contribution < -0.4 is 10.2 Å². The smallest absolute Gasteiger partial charge is 0.290 e. The number of likely N-dealkylation sites (N-methyl/N-ethyl adjacent to an activating group) is 1. The first-order chi connectivity index (χ1) is 65.1. The molecule has 0 radical (unpaired) electrons. The van der Waals surface area contributed by atoms with Gasteiger partial charge in [0.15, 0.2) is 45.4 Å². The highest BCUT2D eigenvalue weighted by atomic mass is 35.5. The van der Waals surface area contributed by atoms with E-state index in [2.05, 4.69) is 91.7 Å². The summed E-state index contributed by atoms with van der Waals surface area (Å²) in [6.45, 7) is 42.5. The van der Waals surface area contributed by atoms with E-state index in [9.17, 15) is 61.0 Å². The summed E-state index contributed by atoms with van der Waals surface area (Å²) in [5.74, 6) is -3.68. The third kappa shape index (κ3) is 20.6. The third-order valence-electron chi connectivity index (χ3n) is 28.0. The molecule has 0 unspecified atom stereocenters. The number of hydrogen-bond donors (Lipinski definition) is 3. The molecule has 12 aromatic rings. The summed E-state index contributed by atoms with van der Waals surface area (Å²) < 4.78 is 79.0. The summed E-state index contributed by atoms with van der Waals surface area (Å²) in [6, 6.07) is 36.1. The van der Waals surface area contributed by atoms with Gasteiger partial charge in [0.05, 0.1) is 34.4 Å². The van der Waals surface area contributed by atoms with E-state index in [0.29, 0.717) is 151 Å². The number of aliphatic hydroxyl groups is 1. The molecule has 3 aromatic carbocycles. The number of carbonyl (C=O) groups excluding carboxylic acids is 8. The molecule has 139 heavy (non-hydrogen) atoms. The van der Waals surface area contributed by atoms with E-state index in [1.807, 2.05) is 67.3 Å². The van der Waals surface area contributed by atoms with E-state index >= 15 is 0 Å². The lowest BCUT2D eigenvalue weighted by molar-refractivity contribution is -0.153. The normalized spacial score (nSPS) is 19.4. The van der Waals surface area contributed by atoms with Crippen LogP contribution in [0.25, 0.3) is 78.2 Å². The van der Waals surface area contributed by atoms with Gasteiger partial charge in [-0.15, -0.1) is 0 Å². The van der Waals surface area contributed by atoms with E-state index in [1.165, 1.54) is 29.2 Å². The molecule has 9 aromatic heterocycles. The maximum absolute atomic E-state index is 13.8. The minimum atomic E-state index is -2.61. The van der Waals surface area contributed by atoms with E-state index in [4.69, 9.17) is 49.2 Å². The Bertz CT molecular complexity index is 6690. The second-order valence-electron chi connectivity index (χ2n) is 43.1. The number of benzene rings is 3. The van der Waals surface area contributed by atoms with Crippen molar-refractivity contribution in [3.63, 3.8) is 0 Å². The van der Waals surface area contributed by atoms with E-state index in [0.717, 1.165) is 63.2 Å². The topological polar surface area (TPSA) is 324 Å². The van der Waals surface area contributed by atoms with Crippen LogP contribution in [-0.4, -0.2) is 212 Å². The van der Waals surface area contributed by atoms with Gasteiger partial charge in [-0.25, -0.2) is 37.5 Å². The van der Waals surface area contributed by atoms with E-state index in [1.54, 1.807) is 141 Å². The molecule has 0 atom stereocenters. The number of amides is 8. The van der Waals surface area contributed by atoms with Crippen molar-refractivity contribution in [3.8, 4) is 33.8 Å². The number of furan rings is 4. The van der Waals surface area contributed by atoms with Gasteiger partial charge in [-0.05, 0) is 208 Å². The molecule has 0 spiro atoms. The van der Waals surface area contributed by atoms with Gasteiger partial charge in [0, 0.05) is 171 Å². The maximum Gasteiger partial charge on any atom is 0.290 e. The summed E-state index contributed by atoms with van der Waals surface area (Å²) in [4.78, 5) is 136. The van der Waals surface area contributed by atoms with Crippen LogP contribution >= 0.6 is 11.6 Å². The van der Waals surface area contributed by atoms with E-state index < -0.39 is 33.7 Å². The maximum atomic E-state index is 13.8. The van der Waals surface area contributed by atoms with Gasteiger partial charge in [-0.3, -0.25) is 48.4 Å². The van der Waals surface area contributed by atoms with Crippen molar-refractivity contribution in [2.45, 2.75) is 252 Å². The predicted molar refractivity (Wildman–Crippen MR) is 525 cm³/mol. The monoisotopic (exact) mass is 1920 g/mol. The van der Waals surface area contributed by atoms with Gasteiger partial charge in [-0.1, -0.05) is 99.9 Å². The van der Waals surface area contributed by atoms with Crippen LogP contribution in [0.15, 0.2) is 151 Å². The van der Waals surface area contributed by atoms with Gasteiger partial charge in [0.1, 0.15) is 56.1 Å². The van der Waals surface area contributed by atoms with Crippen molar-refractivity contribution in [3.05, 3.63) is 201 Å². The van der Waals surface area contributed by atoms with Crippen molar-refractivity contribution >= 4 is 109 Å². The summed E-state index contributed by atoms with van der Waals surface area (Å²) in [5, 5.41) is 20.2. The molecule has 0 bridgehead atoms. The van der Waals surface area contributed by atoms with Crippen LogP contribution in [0.4, 0.5) is 23.4 Å². The lowest BCUT2D eigenvalue weighted by atomic mass is 9.71. The molecule has 8 amide bonds. The van der Waals surface area contributed by atoms with Crippen LogP contribution in [0.5, 0.6) is 0 Å². The van der Waals surface area contributed by atoms with Gasteiger partial charge >= 0.3 is 0 Å². The second kappa shape index (κ2) is 37.8. The molecule has 3 N–H and O–H groups in total. The van der Waals surface area contributed by atoms with Crippen molar-refractivity contribution in [2.75, 3.05) is 70.9 Å². The molecule has 32 heteroatoms. The zero-order chi connectivity index (χ0) is 101. The molecule has 6 fully saturated rings. The molecule has 6 aliphatic rings. The summed E-state index contributed by atoms with van der Waals surface area (Å²) in [7, 11) is 1.75. The first-order valence-corrected chi connectivity index (χ1v) is 48.0. The fraction of sp³-hybridized carbons (Fsp3) is 0.467. The van der Waals surface area contributed by atoms with Crippen molar-refractivity contribution < 1.29 is 78.7 Å². The molecule has 736 valence electrons. The Morgan fingerprint density at radius 2 is 0.914 bits per heavy atom. The average molecular weight is 1930 g/mol. The number of alkyl halides is 2. The van der Waals surface area contributed by atoms with Crippen molar-refractivity contribution in [2.24, 2.45) is 5.92 Å². The van der Waals surface area contributed by atoms with Gasteiger partial charge in [-0.2, -0.15) is 5.10 Å². The molecular formula is C107H125ClF4N14O13. The summed E-state index contributed by atoms with van der Waals surface area (Å²) in [5.41, 5.74) is 8.48. The molecule has 27 nitrogen and oxygen atoms in total. The standard InChI is InChI=1S/C30H41F2N3O4.C27H28FN5O3.C25H28ClN3O3.C25H28FN3O3/c1-27(2,3)20-13-21(18-7-9-30(31,32)10-8-18)33-22-14-23(39-24(20)22)26(37)35-12-11-34(17-28(35,4)5)25(36)19-15-29(6,38)16-19;1-26(2,3)18-14-19(16-6-8-17(28)9-7-16)30-20-15-21(36-23(18)20)24(34)33-13-12-32(22-10-11-29-31-22)25(35)27(33,4)5;1-24(2,3)17-13-18(15-7-9-16(26)10-8-15)27-19-14-20(32-21(17)19)22(30)29-12-11-28(6)23(31)25(29,4)5;1-5-15(6-2)18-13-19(16-7-9-17(26)10-8-16)28-20-14-21(32-22(18)20)23(30)29-12-11-27-24(31)25(29,3)4/h13-14,18-19,38H,7-12,15-17H2,1-6H3;6-11,14-15H,12-13H2,1-5H3,(H,29,31);7-10,13-14H,11-12H2,1-6H3;7-10,13-15H,5-6,11-12H2,1-4H3,(H,27,31). The number of fused-ring (bicyclic) bond motifs is 4. The van der Waals surface area contributed by atoms with Crippen molar-refractivity contribution in [1.29, 1.82) is 0 Å². The molecular weight excluding hydrogens is 1800 g/mol. The molecule has 4 saturated heterocycles. The van der Waals surface area contributed by atoms with Gasteiger partial charge in [0.25, 0.3) is 29.5 Å². The molecule has 2 saturated carbocycles. The Balaban J connectivity index is 0.000000141. The Hall–Kier alpha value is -12.6. The number of nitrogens with one attached hydrogen (secondary N) is 2. The zero-order valence-electron chi connectivity index (χ0n) is 83.1. The molecule has 13 heterocycles. The number of hydrogen-bond acceptors (Lipinski definition) is 18. The van der Waals surface area contributed by atoms with Crippen LogP contribution in [-0.2, 0) is 35.4 Å². The number of piperazine rings is 4. The molecule has 2 aliphatic carbocycles. The summed E-state index contributed by atoms with van der Waals surface area (Å²) >= 11 is 6.05. The Kier molecular flexibility index (Phi) is 27.4. The highest BCUT2D eigenvalue weighted by Gasteiger charge is 2.51. The minimum absolute atomic E-state index is 0.0393. The molecule has 4 aliphatic heterocycles. The zero-order valence-corrected chi connectivity index (χ0v) is 83.8. The number of rotatable bonds is 13. The number of H-pyrrole nitrogens is 1. The van der Waals surface area contributed by atoms with Crippen LogP contribution in [0.1, 0.15) is 272 Å². The number of carbonyl (C=O) groups is 8. The average Bonchev–Trinajstić information content (AvgIpc) is 1.71. The van der Waals surface area contributed by atoms with Gasteiger partial charge < -0.3 is 57.5 Å². The first-order valence-electron chi connectivity index (χ1n) is 47.7. The number of nitrogens with zero attached hydrogens (tertiary/aromatic N) is 12. The number of aromatic amines is 1. The fourth-order valence-electron chi connectivity index (χ4n) is 19.6. The predicted octanol–water partition coefficient (Wildman–Crippen LogP) is 20.6. The highest BCUT2D eigenvalue weighted by Crippen LogP contribution is 2.47. The highest BCUT2D eigenvalue weighted by molar-refractivity contribution is 6.30. The van der Waals surface area contributed by atoms with Crippen LogP contribution in [0.3, 0.4) is 0 Å². The lowest BCUT2D eigenvalue weighted by Gasteiger charge is -2.49. The number of pyridine rings is 4. The Morgan fingerprint density at radius 1 is 0.504 bits per heavy atom. The number of anilines is 1. The second-order valence-corrected chi connectivity index (χ2v) is 43.5. The Labute approximate surface area is 811 Å². The third-order valence-corrected chi connectivity index (χ3v) is 28.2. The van der Waals surface area contributed by atoms with Gasteiger partial charge in [0.2, 0.25) is 23.6 Å².